The lowest BCUT2D eigenvalue weighted by atomic mass is 9.82. The van der Waals surface area contributed by atoms with Crippen LogP contribution in [0, 0.1) is 0 Å². The molecule has 0 aromatic heterocycles. The first-order chi connectivity index (χ1) is 15.4. The maximum atomic E-state index is 12.8. The molecule has 2 aromatic carbocycles. The Morgan fingerprint density at radius 1 is 1.12 bits per heavy atom. The summed E-state index contributed by atoms with van der Waals surface area (Å²) >= 11 is 0. The molecular weight excluding hydrogens is 408 g/mol. The predicted octanol–water partition coefficient (Wildman–Crippen LogP) is 2.96. The third-order valence-electron chi connectivity index (χ3n) is 6.39. The Balaban J connectivity index is 1.29. The van der Waals surface area contributed by atoms with E-state index >= 15 is 0 Å². The van der Waals surface area contributed by atoms with Crippen LogP contribution >= 0.6 is 0 Å². The van der Waals surface area contributed by atoms with Crippen LogP contribution in [-0.2, 0) is 16.1 Å². The number of carbonyl (C=O) groups excluding carboxylic acids is 3. The topological polar surface area (TPSA) is 91.0 Å². The molecule has 2 N–H and O–H groups in total. The van der Waals surface area contributed by atoms with Crippen LogP contribution in [0.15, 0.2) is 36.4 Å². The maximum Gasteiger partial charge on any atom is 0.344 e. The molecule has 2 fully saturated rings. The summed E-state index contributed by atoms with van der Waals surface area (Å²) in [6, 6.07) is 11.7. The fourth-order valence-corrected chi connectivity index (χ4v) is 4.58. The lowest BCUT2D eigenvalue weighted by Gasteiger charge is -2.30. The summed E-state index contributed by atoms with van der Waals surface area (Å²) in [7, 11) is 3.59. The van der Waals surface area contributed by atoms with Crippen molar-refractivity contribution in [3.8, 4) is 5.75 Å². The number of imide groups is 1. The van der Waals surface area contributed by atoms with Crippen LogP contribution in [0.5, 0.6) is 5.75 Å². The van der Waals surface area contributed by atoms with Gasteiger partial charge in [-0.3, -0.25) is 15.0 Å². The van der Waals surface area contributed by atoms with E-state index in [-0.39, 0.29) is 18.2 Å². The Labute approximate surface area is 187 Å². The molecule has 4 rings (SSSR count). The van der Waals surface area contributed by atoms with Gasteiger partial charge in [0.15, 0.2) is 0 Å². The fourth-order valence-electron chi connectivity index (χ4n) is 4.58. The summed E-state index contributed by atoms with van der Waals surface area (Å²) in [5.74, 6) is 0.142. The third kappa shape index (κ3) is 4.55. The molecule has 1 saturated carbocycles. The van der Waals surface area contributed by atoms with Gasteiger partial charge in [-0.05, 0) is 54.4 Å². The molecule has 0 unspecified atom stereocenters. The summed E-state index contributed by atoms with van der Waals surface area (Å²) in [5.41, 5.74) is 2.80. The molecule has 0 radical (unpaired) electrons. The van der Waals surface area contributed by atoms with Crippen LogP contribution in [0.1, 0.15) is 44.1 Å². The van der Waals surface area contributed by atoms with Crippen molar-refractivity contribution in [2.45, 2.75) is 50.6 Å². The van der Waals surface area contributed by atoms with Gasteiger partial charge in [0, 0.05) is 19.5 Å². The molecule has 8 heteroatoms. The highest BCUT2D eigenvalue weighted by molar-refractivity contribution is 6.08. The molecule has 32 heavy (non-hydrogen) atoms. The largest absolute Gasteiger partial charge is 0.497 e. The zero-order chi connectivity index (χ0) is 22.7. The van der Waals surface area contributed by atoms with Gasteiger partial charge in [0.2, 0.25) is 5.91 Å². The van der Waals surface area contributed by atoms with Crippen molar-refractivity contribution in [1.82, 2.24) is 20.7 Å². The van der Waals surface area contributed by atoms with E-state index in [2.05, 4.69) is 28.9 Å². The molecule has 4 amide bonds. The molecule has 2 aliphatic rings. The minimum Gasteiger partial charge on any atom is -0.497 e. The fraction of sp³-hybridized carbons (Fsp3) is 0.458. The van der Waals surface area contributed by atoms with Gasteiger partial charge in [-0.1, -0.05) is 37.5 Å². The second kappa shape index (κ2) is 9.16. The summed E-state index contributed by atoms with van der Waals surface area (Å²) < 4.78 is 5.27. The van der Waals surface area contributed by atoms with E-state index in [4.69, 9.17) is 4.74 Å². The molecule has 2 aromatic rings. The van der Waals surface area contributed by atoms with Gasteiger partial charge in [-0.15, -0.1) is 0 Å². The summed E-state index contributed by atoms with van der Waals surface area (Å²) in [6.45, 7) is 1.18. The van der Waals surface area contributed by atoms with E-state index in [1.165, 1.54) is 0 Å². The molecular formula is C24H30N4O4. The normalized spacial score (nSPS) is 17.8. The molecule has 170 valence electrons. The number of benzene rings is 2. The van der Waals surface area contributed by atoms with Crippen LogP contribution in [0.4, 0.5) is 4.79 Å². The zero-order valence-corrected chi connectivity index (χ0v) is 18.6. The SMILES string of the molecule is COc1ccc2cc(CN(C)CCC(=O)NN3C(=O)NC4(CCCCC4)C3=O)ccc2c1. The van der Waals surface area contributed by atoms with Crippen molar-refractivity contribution in [1.29, 1.82) is 0 Å². The smallest absolute Gasteiger partial charge is 0.344 e. The lowest BCUT2D eigenvalue weighted by Crippen LogP contribution is -2.51. The van der Waals surface area contributed by atoms with Crippen LogP contribution in [0.25, 0.3) is 10.8 Å². The Morgan fingerprint density at radius 2 is 1.84 bits per heavy atom. The van der Waals surface area contributed by atoms with E-state index in [0.29, 0.717) is 25.9 Å². The van der Waals surface area contributed by atoms with Gasteiger partial charge in [0.1, 0.15) is 11.3 Å². The number of hydrogen-bond donors (Lipinski definition) is 2. The molecule has 8 nitrogen and oxygen atoms in total. The van der Waals surface area contributed by atoms with Crippen LogP contribution in [-0.4, -0.2) is 54.0 Å². The standard InChI is InChI=1S/C24H30N4O4/c1-27(16-17-6-7-19-15-20(32-2)9-8-18(19)14-17)13-10-21(29)26-28-22(30)24(25-23(28)31)11-4-3-5-12-24/h6-9,14-15H,3-5,10-13,16H2,1-2H3,(H,25,31)(H,26,29). The Bertz CT molecular complexity index is 1030. The number of amides is 4. The molecule has 1 heterocycles. The van der Waals surface area contributed by atoms with E-state index in [9.17, 15) is 14.4 Å². The summed E-state index contributed by atoms with van der Waals surface area (Å²) in [5, 5.41) is 5.90. The minimum atomic E-state index is -0.834. The van der Waals surface area contributed by atoms with Gasteiger partial charge >= 0.3 is 6.03 Å². The number of nitrogens with zero attached hydrogens (tertiary/aromatic N) is 2. The number of fused-ring (bicyclic) bond motifs is 1. The third-order valence-corrected chi connectivity index (χ3v) is 6.39. The predicted molar refractivity (Wildman–Crippen MR) is 121 cm³/mol. The van der Waals surface area contributed by atoms with E-state index < -0.39 is 11.6 Å². The Morgan fingerprint density at radius 3 is 2.59 bits per heavy atom. The first-order valence-electron chi connectivity index (χ1n) is 11.1. The maximum absolute atomic E-state index is 12.8. The van der Waals surface area contributed by atoms with Crippen molar-refractivity contribution >= 4 is 28.6 Å². The van der Waals surface area contributed by atoms with E-state index in [0.717, 1.165) is 46.4 Å². The molecule has 1 spiro atoms. The van der Waals surface area contributed by atoms with Crippen molar-refractivity contribution in [3.05, 3.63) is 42.0 Å². The molecule has 1 aliphatic heterocycles. The van der Waals surface area contributed by atoms with Crippen molar-refractivity contribution < 1.29 is 19.1 Å². The van der Waals surface area contributed by atoms with Crippen LogP contribution < -0.4 is 15.5 Å². The van der Waals surface area contributed by atoms with Crippen LogP contribution in [0.3, 0.4) is 0 Å². The first-order valence-corrected chi connectivity index (χ1v) is 11.1. The number of hydrogen-bond acceptors (Lipinski definition) is 5. The number of carbonyl (C=O) groups is 3. The van der Waals surface area contributed by atoms with Gasteiger partial charge < -0.3 is 15.0 Å². The highest BCUT2D eigenvalue weighted by atomic mass is 16.5. The number of nitrogens with one attached hydrogen (secondary N) is 2. The molecule has 0 atom stereocenters. The average Bonchev–Trinajstić information content (AvgIpc) is 3.01. The van der Waals surface area contributed by atoms with Crippen molar-refractivity contribution in [2.75, 3.05) is 20.7 Å². The van der Waals surface area contributed by atoms with Gasteiger partial charge in [0.05, 0.1) is 7.11 Å². The first kappa shape index (κ1) is 22.1. The monoisotopic (exact) mass is 438 g/mol. The average molecular weight is 439 g/mol. The lowest BCUT2D eigenvalue weighted by molar-refractivity contribution is -0.140. The highest BCUT2D eigenvalue weighted by Crippen LogP contribution is 2.33. The molecule has 1 saturated heterocycles. The summed E-state index contributed by atoms with van der Waals surface area (Å²) in [4.78, 5) is 39.5. The van der Waals surface area contributed by atoms with Gasteiger partial charge in [0.25, 0.3) is 5.91 Å². The van der Waals surface area contributed by atoms with E-state index in [1.54, 1.807) is 7.11 Å². The molecule has 0 bridgehead atoms. The van der Waals surface area contributed by atoms with Crippen molar-refractivity contribution in [2.24, 2.45) is 0 Å². The zero-order valence-electron chi connectivity index (χ0n) is 18.6. The Hall–Kier alpha value is -3.13. The van der Waals surface area contributed by atoms with Crippen LogP contribution in [0.2, 0.25) is 0 Å². The minimum absolute atomic E-state index is 0.186. The number of methoxy groups -OCH3 is 1. The summed E-state index contributed by atoms with van der Waals surface area (Å²) in [6.07, 6.45) is 4.32. The number of rotatable bonds is 7. The quantitative estimate of drug-likeness (QED) is 0.649. The van der Waals surface area contributed by atoms with E-state index in [1.807, 2.05) is 30.1 Å². The van der Waals surface area contributed by atoms with Gasteiger partial charge in [-0.25, -0.2) is 4.79 Å². The van der Waals surface area contributed by atoms with Crippen molar-refractivity contribution in [3.63, 3.8) is 0 Å². The molecule has 1 aliphatic carbocycles. The number of ether oxygens (including phenoxy) is 1. The Kier molecular flexibility index (Phi) is 6.32. The second-order valence-corrected chi connectivity index (χ2v) is 8.78. The second-order valence-electron chi connectivity index (χ2n) is 8.78. The van der Waals surface area contributed by atoms with Gasteiger partial charge in [-0.2, -0.15) is 5.01 Å². The number of urea groups is 1. The number of hydrazine groups is 1. The highest BCUT2D eigenvalue weighted by Gasteiger charge is 2.52.